The van der Waals surface area contributed by atoms with Crippen LogP contribution in [0.1, 0.15) is 35.2 Å². The van der Waals surface area contributed by atoms with Crippen LogP contribution in [-0.4, -0.2) is 23.3 Å². The van der Waals surface area contributed by atoms with Crippen molar-refractivity contribution >= 4 is 34.3 Å². The number of hydrogen-bond donors (Lipinski definition) is 1. The second-order valence-corrected chi connectivity index (χ2v) is 6.55. The Morgan fingerprint density at radius 2 is 1.85 bits per heavy atom. The third-order valence-electron chi connectivity index (χ3n) is 4.23. The molecule has 3 aromatic rings. The van der Waals surface area contributed by atoms with E-state index in [4.69, 9.17) is 16.3 Å². The number of Topliss-reactive ketones (excluding diaryl/α,β-unsaturated/α-hetero) is 1. The summed E-state index contributed by atoms with van der Waals surface area (Å²) in [5, 5.41) is 1.80. The standard InChI is InChI=1S/C21H20ClNO3/c22-17-8-9-19-18(13-17)16(14-23-19)7-4-12-26-21(25)11-10-20(24)15-5-2-1-3-6-15/h1-3,5-6,8-9,13-14,23H,4,7,10-12H2. The lowest BCUT2D eigenvalue weighted by Crippen LogP contribution is -2.09. The number of rotatable bonds is 8. The summed E-state index contributed by atoms with van der Waals surface area (Å²) in [5.41, 5.74) is 2.82. The van der Waals surface area contributed by atoms with E-state index in [9.17, 15) is 9.59 Å². The fourth-order valence-corrected chi connectivity index (χ4v) is 3.03. The highest BCUT2D eigenvalue weighted by Crippen LogP contribution is 2.23. The minimum absolute atomic E-state index is 0.0433. The van der Waals surface area contributed by atoms with Crippen LogP contribution in [0.4, 0.5) is 0 Å². The van der Waals surface area contributed by atoms with Crippen molar-refractivity contribution in [2.75, 3.05) is 6.61 Å². The van der Waals surface area contributed by atoms with Crippen molar-refractivity contribution in [3.63, 3.8) is 0 Å². The minimum Gasteiger partial charge on any atom is -0.466 e. The molecule has 5 heteroatoms. The first-order chi connectivity index (χ1) is 12.6. The van der Waals surface area contributed by atoms with E-state index in [1.54, 1.807) is 12.1 Å². The van der Waals surface area contributed by atoms with Gasteiger partial charge in [0.2, 0.25) is 0 Å². The number of benzene rings is 2. The molecule has 1 N–H and O–H groups in total. The number of H-pyrrole nitrogens is 1. The quantitative estimate of drug-likeness (QED) is 0.347. The van der Waals surface area contributed by atoms with Crippen molar-refractivity contribution in [3.8, 4) is 0 Å². The molecule has 2 aromatic carbocycles. The summed E-state index contributed by atoms with van der Waals surface area (Å²) in [5.74, 6) is -0.380. The molecule has 1 heterocycles. The van der Waals surface area contributed by atoms with Gasteiger partial charge in [0.25, 0.3) is 0 Å². The van der Waals surface area contributed by atoms with Crippen LogP contribution >= 0.6 is 11.6 Å². The normalized spacial score (nSPS) is 10.8. The number of ether oxygens (including phenoxy) is 1. The Bertz CT molecular complexity index is 902. The third kappa shape index (κ3) is 4.73. The summed E-state index contributed by atoms with van der Waals surface area (Å²) in [6.45, 7) is 0.339. The minimum atomic E-state index is -0.337. The van der Waals surface area contributed by atoms with Crippen molar-refractivity contribution in [3.05, 3.63) is 70.9 Å². The number of aromatic amines is 1. The maximum absolute atomic E-state index is 12.0. The molecule has 0 atom stereocenters. The van der Waals surface area contributed by atoms with Crippen molar-refractivity contribution in [2.45, 2.75) is 25.7 Å². The first kappa shape index (κ1) is 18.2. The lowest BCUT2D eigenvalue weighted by atomic mass is 10.1. The van der Waals surface area contributed by atoms with Crippen molar-refractivity contribution < 1.29 is 14.3 Å². The van der Waals surface area contributed by atoms with Crippen LogP contribution in [0.5, 0.6) is 0 Å². The molecule has 0 amide bonds. The summed E-state index contributed by atoms with van der Waals surface area (Å²) < 4.78 is 5.23. The molecule has 134 valence electrons. The molecular weight excluding hydrogens is 350 g/mol. The predicted molar refractivity (Wildman–Crippen MR) is 103 cm³/mol. The SMILES string of the molecule is O=C(CCC(=O)c1ccccc1)OCCCc1c[nH]c2ccc(Cl)cc12. The highest BCUT2D eigenvalue weighted by Gasteiger charge is 2.10. The average molecular weight is 370 g/mol. The van der Waals surface area contributed by atoms with Gasteiger partial charge in [0.1, 0.15) is 0 Å². The van der Waals surface area contributed by atoms with Crippen LogP contribution in [0.2, 0.25) is 5.02 Å². The second kappa shape index (κ2) is 8.68. The molecule has 0 aliphatic carbocycles. The number of esters is 1. The summed E-state index contributed by atoms with van der Waals surface area (Å²) in [4.78, 5) is 27.0. The molecule has 0 radical (unpaired) electrons. The zero-order valence-electron chi connectivity index (χ0n) is 14.3. The molecule has 26 heavy (non-hydrogen) atoms. The number of aromatic nitrogens is 1. The van der Waals surface area contributed by atoms with Gasteiger partial charge in [-0.3, -0.25) is 9.59 Å². The van der Waals surface area contributed by atoms with Gasteiger partial charge < -0.3 is 9.72 Å². The Labute approximate surface area is 157 Å². The Kier molecular flexibility index (Phi) is 6.08. The van der Waals surface area contributed by atoms with Gasteiger partial charge in [-0.1, -0.05) is 41.9 Å². The number of carbonyl (C=O) groups is 2. The molecule has 4 nitrogen and oxygen atoms in total. The summed E-state index contributed by atoms with van der Waals surface area (Å²) in [7, 11) is 0. The summed E-state index contributed by atoms with van der Waals surface area (Å²) >= 11 is 6.04. The fraction of sp³-hybridized carbons (Fsp3) is 0.238. The average Bonchev–Trinajstić information content (AvgIpc) is 3.06. The van der Waals surface area contributed by atoms with Crippen molar-refractivity contribution in [1.29, 1.82) is 0 Å². The van der Waals surface area contributed by atoms with Gasteiger partial charge in [0, 0.05) is 34.1 Å². The van der Waals surface area contributed by atoms with E-state index < -0.39 is 0 Å². The fourth-order valence-electron chi connectivity index (χ4n) is 2.86. The van der Waals surface area contributed by atoms with Crippen LogP contribution < -0.4 is 0 Å². The van der Waals surface area contributed by atoms with Gasteiger partial charge in [0.15, 0.2) is 5.78 Å². The maximum Gasteiger partial charge on any atom is 0.306 e. The molecule has 0 saturated carbocycles. The highest BCUT2D eigenvalue weighted by molar-refractivity contribution is 6.31. The number of hydrogen-bond acceptors (Lipinski definition) is 3. The summed E-state index contributed by atoms with van der Waals surface area (Å²) in [6, 6.07) is 14.7. The van der Waals surface area contributed by atoms with E-state index in [-0.39, 0.29) is 24.6 Å². The first-order valence-electron chi connectivity index (χ1n) is 8.63. The van der Waals surface area contributed by atoms with Gasteiger partial charge >= 0.3 is 5.97 Å². The van der Waals surface area contributed by atoms with E-state index in [0.717, 1.165) is 29.3 Å². The van der Waals surface area contributed by atoms with Gasteiger partial charge in [-0.25, -0.2) is 0 Å². The van der Waals surface area contributed by atoms with Crippen LogP contribution in [0.25, 0.3) is 10.9 Å². The van der Waals surface area contributed by atoms with E-state index in [0.29, 0.717) is 17.2 Å². The molecule has 0 spiro atoms. The molecule has 3 rings (SSSR count). The van der Waals surface area contributed by atoms with E-state index in [1.807, 2.05) is 42.6 Å². The van der Waals surface area contributed by atoms with Gasteiger partial charge in [-0.2, -0.15) is 0 Å². The third-order valence-corrected chi connectivity index (χ3v) is 4.47. The monoisotopic (exact) mass is 369 g/mol. The van der Waals surface area contributed by atoms with Crippen LogP contribution in [-0.2, 0) is 16.0 Å². The Balaban J connectivity index is 1.40. The van der Waals surface area contributed by atoms with Crippen LogP contribution in [0.3, 0.4) is 0 Å². The van der Waals surface area contributed by atoms with E-state index in [1.165, 1.54) is 0 Å². The highest BCUT2D eigenvalue weighted by atomic mass is 35.5. The number of halogens is 1. The van der Waals surface area contributed by atoms with Gasteiger partial charge in [-0.15, -0.1) is 0 Å². The number of aryl methyl sites for hydroxylation is 1. The molecule has 0 aliphatic heterocycles. The lowest BCUT2D eigenvalue weighted by Gasteiger charge is -2.05. The molecule has 0 aliphatic rings. The first-order valence-corrected chi connectivity index (χ1v) is 9.00. The number of carbonyl (C=O) groups excluding carboxylic acids is 2. The molecule has 0 fully saturated rings. The van der Waals surface area contributed by atoms with Crippen molar-refractivity contribution in [1.82, 2.24) is 4.98 Å². The largest absolute Gasteiger partial charge is 0.466 e. The smallest absolute Gasteiger partial charge is 0.306 e. The second-order valence-electron chi connectivity index (χ2n) is 6.12. The predicted octanol–water partition coefficient (Wildman–Crippen LogP) is 4.96. The number of nitrogens with one attached hydrogen (secondary N) is 1. The van der Waals surface area contributed by atoms with Crippen LogP contribution in [0.15, 0.2) is 54.7 Å². The van der Waals surface area contributed by atoms with E-state index in [2.05, 4.69) is 4.98 Å². The molecule has 1 aromatic heterocycles. The Morgan fingerprint density at radius 1 is 1.04 bits per heavy atom. The Morgan fingerprint density at radius 3 is 2.65 bits per heavy atom. The lowest BCUT2D eigenvalue weighted by molar-refractivity contribution is -0.143. The maximum atomic E-state index is 12.0. The van der Waals surface area contributed by atoms with Gasteiger partial charge in [0.05, 0.1) is 13.0 Å². The number of fused-ring (bicyclic) bond motifs is 1. The Hall–Kier alpha value is -2.59. The molecular formula is C21H20ClNO3. The molecule has 0 saturated heterocycles. The van der Waals surface area contributed by atoms with Gasteiger partial charge in [-0.05, 0) is 36.6 Å². The zero-order chi connectivity index (χ0) is 18.4. The van der Waals surface area contributed by atoms with E-state index >= 15 is 0 Å². The van der Waals surface area contributed by atoms with Crippen LogP contribution in [0, 0.1) is 0 Å². The number of ketones is 1. The summed E-state index contributed by atoms with van der Waals surface area (Å²) in [6.07, 6.45) is 3.75. The molecule has 0 bridgehead atoms. The van der Waals surface area contributed by atoms with Crippen molar-refractivity contribution in [2.24, 2.45) is 0 Å². The zero-order valence-corrected chi connectivity index (χ0v) is 15.1. The topological polar surface area (TPSA) is 59.2 Å². The molecule has 0 unspecified atom stereocenters.